The Morgan fingerprint density at radius 2 is 1.70 bits per heavy atom. The van der Waals surface area contributed by atoms with E-state index in [2.05, 4.69) is 31.0 Å². The molecule has 2 rings (SSSR count). The number of hydrogen-bond acceptors (Lipinski definition) is 2. The summed E-state index contributed by atoms with van der Waals surface area (Å²) in [5, 5.41) is 2.81. The summed E-state index contributed by atoms with van der Waals surface area (Å²) >= 11 is 0. The summed E-state index contributed by atoms with van der Waals surface area (Å²) in [5.74, 6) is 6.59. The number of amides is 1. The standard InChI is InChI=1S/C20H27NO2/c1-16(2)10-11-17-12-14-18(15-13-17)21-20(22)23-19-8-6-4-3-5-7-9-19/h12-16,19H,3-9H2,1-2H3,(H,21,22). The van der Waals surface area contributed by atoms with Crippen LogP contribution in [-0.4, -0.2) is 12.2 Å². The Hall–Kier alpha value is -1.95. The highest BCUT2D eigenvalue weighted by Crippen LogP contribution is 2.20. The van der Waals surface area contributed by atoms with Crippen LogP contribution in [0.25, 0.3) is 0 Å². The van der Waals surface area contributed by atoms with Crippen molar-refractivity contribution in [3.05, 3.63) is 29.8 Å². The molecule has 3 heteroatoms. The van der Waals surface area contributed by atoms with Crippen LogP contribution in [0.4, 0.5) is 10.5 Å². The van der Waals surface area contributed by atoms with Crippen molar-refractivity contribution in [3.63, 3.8) is 0 Å². The van der Waals surface area contributed by atoms with E-state index < -0.39 is 0 Å². The van der Waals surface area contributed by atoms with Gasteiger partial charge < -0.3 is 4.74 Å². The average molecular weight is 313 g/mol. The zero-order chi connectivity index (χ0) is 16.5. The third kappa shape index (κ3) is 6.78. The topological polar surface area (TPSA) is 38.3 Å². The summed E-state index contributed by atoms with van der Waals surface area (Å²) in [5.41, 5.74) is 1.70. The number of ether oxygens (including phenoxy) is 1. The predicted octanol–water partition coefficient (Wildman–Crippen LogP) is 5.36. The van der Waals surface area contributed by atoms with Crippen molar-refractivity contribution in [3.8, 4) is 11.8 Å². The number of nitrogens with one attached hydrogen (secondary N) is 1. The van der Waals surface area contributed by atoms with Crippen molar-refractivity contribution in [2.24, 2.45) is 5.92 Å². The quantitative estimate of drug-likeness (QED) is 0.747. The lowest BCUT2D eigenvalue weighted by molar-refractivity contribution is 0.0933. The molecule has 1 saturated carbocycles. The zero-order valence-corrected chi connectivity index (χ0v) is 14.2. The van der Waals surface area contributed by atoms with Crippen LogP contribution in [0.5, 0.6) is 0 Å². The van der Waals surface area contributed by atoms with Gasteiger partial charge in [0, 0.05) is 17.2 Å². The maximum atomic E-state index is 12.0. The van der Waals surface area contributed by atoms with Crippen molar-refractivity contribution in [2.45, 2.75) is 64.9 Å². The predicted molar refractivity (Wildman–Crippen MR) is 94.4 cm³/mol. The molecule has 1 aromatic carbocycles. The number of rotatable bonds is 2. The first-order valence-corrected chi connectivity index (χ1v) is 8.73. The Bertz CT molecular complexity index is 543. The normalized spacial score (nSPS) is 16.0. The molecule has 0 unspecified atom stereocenters. The third-order valence-corrected chi connectivity index (χ3v) is 3.96. The Balaban J connectivity index is 1.83. The highest BCUT2D eigenvalue weighted by Gasteiger charge is 2.15. The lowest BCUT2D eigenvalue weighted by atomic mass is 9.99. The minimum atomic E-state index is -0.350. The minimum absolute atomic E-state index is 0.0616. The van der Waals surface area contributed by atoms with Crippen molar-refractivity contribution in [1.82, 2.24) is 0 Å². The second kappa shape index (κ2) is 9.25. The molecule has 1 aliphatic rings. The van der Waals surface area contributed by atoms with Gasteiger partial charge in [-0.15, -0.1) is 0 Å². The molecule has 0 radical (unpaired) electrons. The molecule has 23 heavy (non-hydrogen) atoms. The maximum absolute atomic E-state index is 12.0. The van der Waals surface area contributed by atoms with Crippen LogP contribution >= 0.6 is 0 Å². The fourth-order valence-electron chi connectivity index (χ4n) is 2.70. The molecule has 0 spiro atoms. The smallest absolute Gasteiger partial charge is 0.411 e. The van der Waals surface area contributed by atoms with Crippen LogP contribution in [0.1, 0.15) is 64.4 Å². The Morgan fingerprint density at radius 3 is 2.30 bits per heavy atom. The number of hydrogen-bond donors (Lipinski definition) is 1. The first-order chi connectivity index (χ1) is 11.1. The van der Waals surface area contributed by atoms with Gasteiger partial charge in [-0.3, -0.25) is 5.32 Å². The van der Waals surface area contributed by atoms with Crippen LogP contribution in [0.2, 0.25) is 0 Å². The Kier molecular flexibility index (Phi) is 7.00. The summed E-state index contributed by atoms with van der Waals surface area (Å²) in [6, 6.07) is 7.56. The third-order valence-electron chi connectivity index (χ3n) is 3.96. The van der Waals surface area contributed by atoms with E-state index in [9.17, 15) is 4.79 Å². The fraction of sp³-hybridized carbons (Fsp3) is 0.550. The second-order valence-electron chi connectivity index (χ2n) is 6.50. The number of anilines is 1. The van der Waals surface area contributed by atoms with Crippen LogP contribution in [0, 0.1) is 17.8 Å². The molecule has 0 atom stereocenters. The molecule has 0 bridgehead atoms. The van der Waals surface area contributed by atoms with Gasteiger partial charge in [-0.1, -0.05) is 45.0 Å². The van der Waals surface area contributed by atoms with E-state index in [0.717, 1.165) is 36.9 Å². The van der Waals surface area contributed by atoms with Gasteiger partial charge in [0.25, 0.3) is 0 Å². The molecule has 1 N–H and O–H groups in total. The first-order valence-electron chi connectivity index (χ1n) is 8.73. The summed E-state index contributed by atoms with van der Waals surface area (Å²) < 4.78 is 5.56. The highest BCUT2D eigenvalue weighted by molar-refractivity contribution is 5.84. The SMILES string of the molecule is CC(C)C#Cc1ccc(NC(=O)OC2CCCCCCC2)cc1. The van der Waals surface area contributed by atoms with Crippen LogP contribution in [-0.2, 0) is 4.74 Å². The highest BCUT2D eigenvalue weighted by atomic mass is 16.6. The second-order valence-corrected chi connectivity index (χ2v) is 6.50. The Labute approximate surface area is 139 Å². The molecule has 1 aliphatic carbocycles. The lowest BCUT2D eigenvalue weighted by Gasteiger charge is -2.20. The molecule has 3 nitrogen and oxygen atoms in total. The molecule has 1 fully saturated rings. The largest absolute Gasteiger partial charge is 0.446 e. The van der Waals surface area contributed by atoms with E-state index in [1.54, 1.807) is 0 Å². The van der Waals surface area contributed by atoms with Gasteiger partial charge >= 0.3 is 6.09 Å². The van der Waals surface area contributed by atoms with Crippen molar-refractivity contribution in [2.75, 3.05) is 5.32 Å². The van der Waals surface area contributed by atoms with E-state index in [-0.39, 0.29) is 12.2 Å². The number of benzene rings is 1. The number of carbonyl (C=O) groups excluding carboxylic acids is 1. The van der Waals surface area contributed by atoms with E-state index in [1.165, 1.54) is 19.3 Å². The van der Waals surface area contributed by atoms with Crippen molar-refractivity contribution in [1.29, 1.82) is 0 Å². The van der Waals surface area contributed by atoms with Gasteiger partial charge in [0.2, 0.25) is 0 Å². The van der Waals surface area contributed by atoms with Crippen molar-refractivity contribution >= 4 is 11.8 Å². The molecule has 0 heterocycles. The van der Waals surface area contributed by atoms with Gasteiger partial charge in [0.1, 0.15) is 6.10 Å². The molecular weight excluding hydrogens is 286 g/mol. The molecule has 0 saturated heterocycles. The van der Waals surface area contributed by atoms with Gasteiger partial charge in [0.15, 0.2) is 0 Å². The van der Waals surface area contributed by atoms with Crippen LogP contribution in [0.3, 0.4) is 0 Å². The molecule has 1 amide bonds. The van der Waals surface area contributed by atoms with E-state index in [4.69, 9.17) is 4.74 Å². The molecule has 0 aromatic heterocycles. The molecule has 0 aliphatic heterocycles. The van der Waals surface area contributed by atoms with E-state index in [0.29, 0.717) is 5.92 Å². The van der Waals surface area contributed by atoms with Crippen LogP contribution in [0.15, 0.2) is 24.3 Å². The average Bonchev–Trinajstić information content (AvgIpc) is 2.49. The van der Waals surface area contributed by atoms with Gasteiger partial charge in [-0.2, -0.15) is 0 Å². The maximum Gasteiger partial charge on any atom is 0.411 e. The summed E-state index contributed by atoms with van der Waals surface area (Å²) in [6.45, 7) is 4.13. The van der Waals surface area contributed by atoms with Crippen LogP contribution < -0.4 is 5.32 Å². The molecular formula is C20H27NO2. The number of carbonyl (C=O) groups is 1. The van der Waals surface area contributed by atoms with E-state index >= 15 is 0 Å². The Morgan fingerprint density at radius 1 is 1.09 bits per heavy atom. The summed E-state index contributed by atoms with van der Waals surface area (Å²) in [4.78, 5) is 12.0. The monoisotopic (exact) mass is 313 g/mol. The van der Waals surface area contributed by atoms with Gasteiger partial charge in [0.05, 0.1) is 0 Å². The zero-order valence-electron chi connectivity index (χ0n) is 14.2. The molecule has 1 aromatic rings. The van der Waals surface area contributed by atoms with Crippen molar-refractivity contribution < 1.29 is 9.53 Å². The lowest BCUT2D eigenvalue weighted by Crippen LogP contribution is -2.23. The summed E-state index contributed by atoms with van der Waals surface area (Å²) in [7, 11) is 0. The minimum Gasteiger partial charge on any atom is -0.446 e. The van der Waals surface area contributed by atoms with Gasteiger partial charge in [-0.25, -0.2) is 4.79 Å². The fourth-order valence-corrected chi connectivity index (χ4v) is 2.70. The van der Waals surface area contributed by atoms with Gasteiger partial charge in [-0.05, 0) is 49.9 Å². The summed E-state index contributed by atoms with van der Waals surface area (Å²) in [6.07, 6.45) is 7.80. The molecule has 124 valence electrons. The first kappa shape index (κ1) is 17.4. The van der Waals surface area contributed by atoms with E-state index in [1.807, 2.05) is 24.3 Å².